The summed E-state index contributed by atoms with van der Waals surface area (Å²) in [6.45, 7) is 0.990. The number of anilines is 1. The van der Waals surface area contributed by atoms with Gasteiger partial charge in [0.2, 0.25) is 0 Å². The van der Waals surface area contributed by atoms with Crippen molar-refractivity contribution in [1.82, 2.24) is 15.1 Å². The highest BCUT2D eigenvalue weighted by Gasteiger charge is 2.09. The summed E-state index contributed by atoms with van der Waals surface area (Å²) >= 11 is 0. The summed E-state index contributed by atoms with van der Waals surface area (Å²) in [5, 5.41) is 6.85. The second kappa shape index (κ2) is 6.65. The van der Waals surface area contributed by atoms with Crippen LogP contribution in [0.15, 0.2) is 30.6 Å². The van der Waals surface area contributed by atoms with Crippen LogP contribution < -0.4 is 20.5 Å². The third kappa shape index (κ3) is 3.88. The van der Waals surface area contributed by atoms with Gasteiger partial charge in [-0.1, -0.05) is 0 Å². The molecule has 2 rings (SSSR count). The number of methoxy groups -OCH3 is 2. The summed E-state index contributed by atoms with van der Waals surface area (Å²) in [5.74, 6) is 0.936. The first-order chi connectivity index (χ1) is 10.1. The van der Waals surface area contributed by atoms with E-state index in [2.05, 4.69) is 10.4 Å². The highest BCUT2D eigenvalue weighted by atomic mass is 16.5. The molecule has 0 aliphatic heterocycles. The molecule has 112 valence electrons. The molecule has 0 saturated carbocycles. The van der Waals surface area contributed by atoms with Crippen molar-refractivity contribution in [2.24, 2.45) is 0 Å². The molecular weight excluding hydrogens is 272 g/mol. The van der Waals surface area contributed by atoms with Crippen LogP contribution in [0.5, 0.6) is 11.5 Å². The minimum Gasteiger partial charge on any atom is -0.497 e. The standard InChI is InChI=1S/C14H18N4O3/c1-20-12-5-10(6-13(7-12)21-2)14(19)16-3-4-18-9-11(15)8-17-18/h5-9H,3-4,15H2,1-2H3,(H,16,19). The molecule has 7 nitrogen and oxygen atoms in total. The average molecular weight is 290 g/mol. The van der Waals surface area contributed by atoms with Crippen LogP contribution in [0.3, 0.4) is 0 Å². The highest BCUT2D eigenvalue weighted by Crippen LogP contribution is 2.22. The average Bonchev–Trinajstić information content (AvgIpc) is 2.92. The number of nitrogens with two attached hydrogens (primary N) is 1. The number of carbonyl (C=O) groups is 1. The summed E-state index contributed by atoms with van der Waals surface area (Å²) in [6, 6.07) is 5.02. The lowest BCUT2D eigenvalue weighted by Crippen LogP contribution is -2.27. The molecular formula is C14H18N4O3. The van der Waals surface area contributed by atoms with Crippen molar-refractivity contribution in [3.63, 3.8) is 0 Å². The number of carbonyl (C=O) groups excluding carboxylic acids is 1. The highest BCUT2D eigenvalue weighted by molar-refractivity contribution is 5.95. The number of hydrogen-bond acceptors (Lipinski definition) is 5. The number of nitrogen functional groups attached to an aromatic ring is 1. The first-order valence-corrected chi connectivity index (χ1v) is 6.41. The van der Waals surface area contributed by atoms with Gasteiger partial charge in [-0.3, -0.25) is 9.48 Å². The quantitative estimate of drug-likeness (QED) is 0.825. The lowest BCUT2D eigenvalue weighted by atomic mass is 10.2. The number of benzene rings is 1. The van der Waals surface area contributed by atoms with Crippen molar-refractivity contribution in [1.29, 1.82) is 0 Å². The van der Waals surface area contributed by atoms with Crippen LogP contribution in [-0.4, -0.2) is 36.5 Å². The van der Waals surface area contributed by atoms with Crippen LogP contribution in [0.4, 0.5) is 5.69 Å². The molecule has 7 heteroatoms. The molecule has 0 atom stereocenters. The first-order valence-electron chi connectivity index (χ1n) is 6.41. The number of hydrogen-bond donors (Lipinski definition) is 2. The van der Waals surface area contributed by atoms with Crippen LogP contribution >= 0.6 is 0 Å². The van der Waals surface area contributed by atoms with Gasteiger partial charge in [-0.05, 0) is 12.1 Å². The maximum absolute atomic E-state index is 12.1. The number of rotatable bonds is 6. The van der Waals surface area contributed by atoms with Gasteiger partial charge in [-0.2, -0.15) is 5.10 Å². The van der Waals surface area contributed by atoms with E-state index in [0.29, 0.717) is 35.8 Å². The number of amides is 1. The van der Waals surface area contributed by atoms with Crippen LogP contribution in [0, 0.1) is 0 Å². The van der Waals surface area contributed by atoms with Crippen molar-refractivity contribution in [3.05, 3.63) is 36.2 Å². The van der Waals surface area contributed by atoms with Crippen molar-refractivity contribution < 1.29 is 14.3 Å². The molecule has 0 aliphatic rings. The van der Waals surface area contributed by atoms with E-state index in [4.69, 9.17) is 15.2 Å². The normalized spacial score (nSPS) is 10.2. The van der Waals surface area contributed by atoms with Crippen LogP contribution in [-0.2, 0) is 6.54 Å². The van der Waals surface area contributed by atoms with Gasteiger partial charge in [0.05, 0.1) is 32.6 Å². The second-order valence-corrected chi connectivity index (χ2v) is 4.39. The van der Waals surface area contributed by atoms with Crippen LogP contribution in [0.25, 0.3) is 0 Å². The molecule has 1 amide bonds. The van der Waals surface area contributed by atoms with Gasteiger partial charge < -0.3 is 20.5 Å². The molecule has 0 aliphatic carbocycles. The van der Waals surface area contributed by atoms with Gasteiger partial charge in [-0.15, -0.1) is 0 Å². The number of ether oxygens (including phenoxy) is 2. The summed E-state index contributed by atoms with van der Waals surface area (Å²) < 4.78 is 11.9. The predicted octanol–water partition coefficient (Wildman–Crippen LogP) is 0.912. The number of nitrogens with one attached hydrogen (secondary N) is 1. The van der Waals surface area contributed by atoms with E-state index in [-0.39, 0.29) is 5.91 Å². The van der Waals surface area contributed by atoms with Gasteiger partial charge in [0.15, 0.2) is 0 Å². The Balaban J connectivity index is 1.96. The topological polar surface area (TPSA) is 91.4 Å². The zero-order valence-corrected chi connectivity index (χ0v) is 12.0. The van der Waals surface area contributed by atoms with E-state index in [0.717, 1.165) is 0 Å². The molecule has 0 unspecified atom stereocenters. The number of aromatic nitrogens is 2. The Morgan fingerprint density at radius 2 is 1.95 bits per heavy atom. The van der Waals surface area contributed by atoms with Crippen molar-refractivity contribution in [2.75, 3.05) is 26.5 Å². The smallest absolute Gasteiger partial charge is 0.251 e. The molecule has 0 fully saturated rings. The number of nitrogens with zero attached hydrogens (tertiary/aromatic N) is 2. The lowest BCUT2D eigenvalue weighted by molar-refractivity contribution is 0.0951. The van der Waals surface area contributed by atoms with Crippen LogP contribution in [0.1, 0.15) is 10.4 Å². The lowest BCUT2D eigenvalue weighted by Gasteiger charge is -2.09. The Kier molecular flexibility index (Phi) is 4.65. The third-order valence-corrected chi connectivity index (χ3v) is 2.89. The van der Waals surface area contributed by atoms with Gasteiger partial charge in [0, 0.05) is 24.4 Å². The van der Waals surface area contributed by atoms with Crippen molar-refractivity contribution in [3.8, 4) is 11.5 Å². The predicted molar refractivity (Wildman–Crippen MR) is 78.5 cm³/mol. The Morgan fingerprint density at radius 1 is 1.29 bits per heavy atom. The van der Waals surface area contributed by atoms with E-state index >= 15 is 0 Å². The molecule has 0 bridgehead atoms. The van der Waals surface area contributed by atoms with E-state index in [1.54, 1.807) is 49.5 Å². The maximum Gasteiger partial charge on any atom is 0.251 e. The maximum atomic E-state index is 12.1. The molecule has 0 spiro atoms. The Morgan fingerprint density at radius 3 is 2.48 bits per heavy atom. The molecule has 1 aromatic carbocycles. The Bertz CT molecular complexity index is 602. The molecule has 2 aromatic rings. The molecule has 1 heterocycles. The van der Waals surface area contributed by atoms with Gasteiger partial charge in [-0.25, -0.2) is 0 Å². The van der Waals surface area contributed by atoms with E-state index < -0.39 is 0 Å². The monoisotopic (exact) mass is 290 g/mol. The summed E-state index contributed by atoms with van der Waals surface area (Å²) in [4.78, 5) is 12.1. The molecule has 0 saturated heterocycles. The van der Waals surface area contributed by atoms with E-state index in [9.17, 15) is 4.79 Å². The molecule has 0 radical (unpaired) electrons. The van der Waals surface area contributed by atoms with E-state index in [1.165, 1.54) is 0 Å². The zero-order valence-electron chi connectivity index (χ0n) is 12.0. The summed E-state index contributed by atoms with van der Waals surface area (Å²) in [6.07, 6.45) is 3.27. The fourth-order valence-corrected chi connectivity index (χ4v) is 1.83. The minimum atomic E-state index is -0.202. The summed E-state index contributed by atoms with van der Waals surface area (Å²) in [7, 11) is 3.08. The Hall–Kier alpha value is -2.70. The van der Waals surface area contributed by atoms with Gasteiger partial charge in [0.1, 0.15) is 11.5 Å². The van der Waals surface area contributed by atoms with Crippen LogP contribution in [0.2, 0.25) is 0 Å². The van der Waals surface area contributed by atoms with Crippen molar-refractivity contribution >= 4 is 11.6 Å². The summed E-state index contributed by atoms with van der Waals surface area (Å²) in [5.41, 5.74) is 6.64. The SMILES string of the molecule is COc1cc(OC)cc(C(=O)NCCn2cc(N)cn2)c1. The first kappa shape index (κ1) is 14.7. The molecule has 21 heavy (non-hydrogen) atoms. The second-order valence-electron chi connectivity index (χ2n) is 4.39. The van der Waals surface area contributed by atoms with Crippen molar-refractivity contribution in [2.45, 2.75) is 6.54 Å². The van der Waals surface area contributed by atoms with Gasteiger partial charge >= 0.3 is 0 Å². The fourth-order valence-electron chi connectivity index (χ4n) is 1.83. The zero-order chi connectivity index (χ0) is 15.2. The van der Waals surface area contributed by atoms with E-state index in [1.807, 2.05) is 0 Å². The molecule has 3 N–H and O–H groups in total. The minimum absolute atomic E-state index is 0.202. The Labute approximate surface area is 122 Å². The molecule has 1 aromatic heterocycles. The fraction of sp³-hybridized carbons (Fsp3) is 0.286. The van der Waals surface area contributed by atoms with Gasteiger partial charge in [0.25, 0.3) is 5.91 Å². The largest absolute Gasteiger partial charge is 0.497 e. The third-order valence-electron chi connectivity index (χ3n) is 2.89.